The highest BCUT2D eigenvalue weighted by molar-refractivity contribution is 5.91. The van der Waals surface area contributed by atoms with Gasteiger partial charge in [0, 0.05) is 5.69 Å². The van der Waals surface area contributed by atoms with Gasteiger partial charge < -0.3 is 15.2 Å². The fraction of sp³-hybridized carbons (Fsp3) is 0.188. The van der Waals surface area contributed by atoms with Crippen LogP contribution < -0.4 is 10.1 Å². The van der Waals surface area contributed by atoms with E-state index in [0.717, 1.165) is 16.8 Å². The van der Waals surface area contributed by atoms with E-state index in [2.05, 4.69) is 5.32 Å². The summed E-state index contributed by atoms with van der Waals surface area (Å²) < 4.78 is 5.37. The van der Waals surface area contributed by atoms with E-state index in [9.17, 15) is 4.79 Å². The molecule has 4 nitrogen and oxygen atoms in total. The van der Waals surface area contributed by atoms with Crippen molar-refractivity contribution in [2.45, 2.75) is 13.5 Å². The maximum Gasteiger partial charge on any atom is 0.262 e. The minimum atomic E-state index is -0.208. The molecule has 0 aliphatic heterocycles. The summed E-state index contributed by atoms with van der Waals surface area (Å²) in [5.74, 6) is 0.390. The van der Waals surface area contributed by atoms with Crippen molar-refractivity contribution in [3.05, 3.63) is 59.7 Å². The number of aliphatic hydroxyl groups excluding tert-OH is 1. The van der Waals surface area contributed by atoms with Gasteiger partial charge in [0.25, 0.3) is 5.91 Å². The number of hydrogen-bond donors (Lipinski definition) is 2. The Morgan fingerprint density at radius 1 is 1.10 bits per heavy atom. The summed E-state index contributed by atoms with van der Waals surface area (Å²) in [4.78, 5) is 11.7. The van der Waals surface area contributed by atoms with Crippen LogP contribution >= 0.6 is 0 Å². The number of nitrogens with one attached hydrogen (secondary N) is 1. The van der Waals surface area contributed by atoms with E-state index in [4.69, 9.17) is 9.84 Å². The van der Waals surface area contributed by atoms with Crippen molar-refractivity contribution in [2.24, 2.45) is 0 Å². The molecule has 0 saturated carbocycles. The van der Waals surface area contributed by atoms with Crippen LogP contribution in [0.5, 0.6) is 5.75 Å². The van der Waals surface area contributed by atoms with Crippen molar-refractivity contribution in [3.8, 4) is 5.75 Å². The van der Waals surface area contributed by atoms with Crippen molar-refractivity contribution in [2.75, 3.05) is 11.9 Å². The Kier molecular flexibility index (Phi) is 4.74. The SMILES string of the molecule is Cc1ccc(NC(=O)COc2ccc(CO)cc2)cc1. The predicted molar refractivity (Wildman–Crippen MR) is 77.7 cm³/mol. The number of anilines is 1. The molecule has 1 amide bonds. The molecule has 0 saturated heterocycles. The van der Waals surface area contributed by atoms with Gasteiger partial charge in [0.15, 0.2) is 6.61 Å². The molecule has 2 aromatic carbocycles. The molecule has 0 aliphatic rings. The summed E-state index contributed by atoms with van der Waals surface area (Å²) in [7, 11) is 0. The highest BCUT2D eigenvalue weighted by Gasteiger charge is 2.03. The molecular weight excluding hydrogens is 254 g/mol. The van der Waals surface area contributed by atoms with Crippen LogP contribution in [0.1, 0.15) is 11.1 Å². The first-order valence-electron chi connectivity index (χ1n) is 6.36. The molecule has 2 N–H and O–H groups in total. The van der Waals surface area contributed by atoms with Gasteiger partial charge in [0.1, 0.15) is 5.75 Å². The molecular formula is C16H17NO3. The lowest BCUT2D eigenvalue weighted by molar-refractivity contribution is -0.118. The van der Waals surface area contributed by atoms with Gasteiger partial charge in [-0.05, 0) is 36.8 Å². The molecule has 4 heteroatoms. The Bertz CT molecular complexity index is 561. The van der Waals surface area contributed by atoms with Crippen LogP contribution in [0.3, 0.4) is 0 Å². The molecule has 0 radical (unpaired) electrons. The van der Waals surface area contributed by atoms with Crippen molar-refractivity contribution in [3.63, 3.8) is 0 Å². The second-order valence-corrected chi connectivity index (χ2v) is 4.50. The van der Waals surface area contributed by atoms with Crippen LogP contribution in [0.15, 0.2) is 48.5 Å². The lowest BCUT2D eigenvalue weighted by Crippen LogP contribution is -2.20. The molecule has 0 fully saturated rings. The number of aliphatic hydroxyl groups is 1. The summed E-state index contributed by atoms with van der Waals surface area (Å²) in [6.07, 6.45) is 0. The largest absolute Gasteiger partial charge is 0.484 e. The summed E-state index contributed by atoms with van der Waals surface area (Å²) >= 11 is 0. The first-order valence-corrected chi connectivity index (χ1v) is 6.36. The number of hydrogen-bond acceptors (Lipinski definition) is 3. The molecule has 0 aliphatic carbocycles. The lowest BCUT2D eigenvalue weighted by atomic mass is 10.2. The van der Waals surface area contributed by atoms with Crippen molar-refractivity contribution in [1.82, 2.24) is 0 Å². The van der Waals surface area contributed by atoms with Crippen molar-refractivity contribution in [1.29, 1.82) is 0 Å². The van der Waals surface area contributed by atoms with Crippen LogP contribution in [0, 0.1) is 6.92 Å². The number of ether oxygens (including phenoxy) is 1. The molecule has 0 bridgehead atoms. The van der Waals surface area contributed by atoms with Gasteiger partial charge in [0.2, 0.25) is 0 Å². The third-order valence-electron chi connectivity index (χ3n) is 2.81. The monoisotopic (exact) mass is 271 g/mol. The van der Waals surface area contributed by atoms with Gasteiger partial charge in [-0.2, -0.15) is 0 Å². The maximum absolute atomic E-state index is 11.7. The molecule has 104 valence electrons. The van der Waals surface area contributed by atoms with Crippen LogP contribution in [0.4, 0.5) is 5.69 Å². The topological polar surface area (TPSA) is 58.6 Å². The van der Waals surface area contributed by atoms with Gasteiger partial charge in [-0.1, -0.05) is 29.8 Å². The Labute approximate surface area is 118 Å². The van der Waals surface area contributed by atoms with Gasteiger partial charge in [-0.15, -0.1) is 0 Å². The number of benzene rings is 2. The van der Waals surface area contributed by atoms with E-state index in [0.29, 0.717) is 5.75 Å². The Balaban J connectivity index is 1.83. The fourth-order valence-electron chi connectivity index (χ4n) is 1.67. The summed E-state index contributed by atoms with van der Waals surface area (Å²) in [6, 6.07) is 14.5. The normalized spacial score (nSPS) is 10.1. The molecule has 2 rings (SSSR count). The third kappa shape index (κ3) is 4.10. The van der Waals surface area contributed by atoms with E-state index in [-0.39, 0.29) is 19.1 Å². The van der Waals surface area contributed by atoms with Crippen LogP contribution in [-0.4, -0.2) is 17.6 Å². The smallest absolute Gasteiger partial charge is 0.262 e. The zero-order valence-electron chi connectivity index (χ0n) is 11.3. The minimum absolute atomic E-state index is 0.00576. The van der Waals surface area contributed by atoms with E-state index in [1.165, 1.54) is 0 Å². The highest BCUT2D eigenvalue weighted by Crippen LogP contribution is 2.12. The fourth-order valence-corrected chi connectivity index (χ4v) is 1.67. The first-order chi connectivity index (χ1) is 9.67. The van der Waals surface area contributed by atoms with Crippen molar-refractivity contribution < 1.29 is 14.6 Å². The standard InChI is InChI=1S/C16H17NO3/c1-12-2-6-14(7-3-12)17-16(19)11-20-15-8-4-13(10-18)5-9-15/h2-9,18H,10-11H2,1H3,(H,17,19). The first kappa shape index (κ1) is 14.1. The average Bonchev–Trinajstić information content (AvgIpc) is 2.48. The van der Waals surface area contributed by atoms with Gasteiger partial charge in [0.05, 0.1) is 6.61 Å². The van der Waals surface area contributed by atoms with Crippen LogP contribution in [-0.2, 0) is 11.4 Å². The Morgan fingerprint density at radius 2 is 1.75 bits per heavy atom. The van der Waals surface area contributed by atoms with E-state index >= 15 is 0 Å². The van der Waals surface area contributed by atoms with Gasteiger partial charge in [-0.3, -0.25) is 4.79 Å². The van der Waals surface area contributed by atoms with Crippen LogP contribution in [0.25, 0.3) is 0 Å². The number of aryl methyl sites for hydroxylation is 1. The van der Waals surface area contributed by atoms with Crippen LogP contribution in [0.2, 0.25) is 0 Å². The Morgan fingerprint density at radius 3 is 2.35 bits per heavy atom. The molecule has 0 aromatic heterocycles. The summed E-state index contributed by atoms with van der Waals surface area (Å²) in [5, 5.41) is 11.7. The third-order valence-corrected chi connectivity index (χ3v) is 2.81. The second-order valence-electron chi connectivity index (χ2n) is 4.50. The number of amides is 1. The van der Waals surface area contributed by atoms with Gasteiger partial charge >= 0.3 is 0 Å². The van der Waals surface area contributed by atoms with E-state index < -0.39 is 0 Å². The molecule has 0 unspecified atom stereocenters. The minimum Gasteiger partial charge on any atom is -0.484 e. The molecule has 0 heterocycles. The lowest BCUT2D eigenvalue weighted by Gasteiger charge is -2.08. The highest BCUT2D eigenvalue weighted by atomic mass is 16.5. The molecule has 20 heavy (non-hydrogen) atoms. The zero-order chi connectivity index (χ0) is 14.4. The summed E-state index contributed by atoms with van der Waals surface area (Å²) in [6.45, 7) is 1.94. The maximum atomic E-state index is 11.7. The number of carbonyl (C=O) groups excluding carboxylic acids is 1. The number of rotatable bonds is 5. The van der Waals surface area contributed by atoms with Crippen molar-refractivity contribution >= 4 is 11.6 Å². The Hall–Kier alpha value is -2.33. The van der Waals surface area contributed by atoms with E-state index in [1.54, 1.807) is 24.3 Å². The second kappa shape index (κ2) is 6.73. The zero-order valence-corrected chi connectivity index (χ0v) is 11.3. The number of carbonyl (C=O) groups is 1. The average molecular weight is 271 g/mol. The quantitative estimate of drug-likeness (QED) is 0.878. The predicted octanol–water partition coefficient (Wildman–Crippen LogP) is 2.50. The van der Waals surface area contributed by atoms with Gasteiger partial charge in [-0.25, -0.2) is 0 Å². The molecule has 2 aromatic rings. The van der Waals surface area contributed by atoms with E-state index in [1.807, 2.05) is 31.2 Å². The molecule has 0 atom stereocenters. The molecule has 0 spiro atoms. The summed E-state index contributed by atoms with van der Waals surface area (Å²) in [5.41, 5.74) is 2.70.